The van der Waals surface area contributed by atoms with Gasteiger partial charge in [-0.05, 0) is 12.1 Å². The Morgan fingerprint density at radius 1 is 1.33 bits per heavy atom. The number of nitrogens with one attached hydrogen (secondary N) is 1. The molecule has 0 spiro atoms. The lowest BCUT2D eigenvalue weighted by atomic mass is 10.2. The number of benzene rings is 1. The maximum atomic E-state index is 10.7. The van der Waals surface area contributed by atoms with Gasteiger partial charge in [0.15, 0.2) is 5.88 Å². The molecule has 2 rings (SSSR count). The van der Waals surface area contributed by atoms with Gasteiger partial charge in [0.2, 0.25) is 5.76 Å². The van der Waals surface area contributed by atoms with Gasteiger partial charge in [-0.3, -0.25) is 0 Å². The van der Waals surface area contributed by atoms with Crippen molar-refractivity contribution in [3.63, 3.8) is 0 Å². The smallest absolute Gasteiger partial charge is 0.371 e. The van der Waals surface area contributed by atoms with E-state index in [1.54, 1.807) is 13.2 Å². The standard InChI is InChI=1S/C13H13NO4/c1-17-8-9-4-2-3-5-10(9)14-12-7-6-11(18-12)13(15)16/h2-7,14H,8H2,1H3,(H,15,16). The lowest BCUT2D eigenvalue weighted by molar-refractivity contribution is 0.0663. The first-order valence-corrected chi connectivity index (χ1v) is 5.37. The van der Waals surface area contributed by atoms with Crippen molar-refractivity contribution < 1.29 is 19.1 Å². The lowest BCUT2D eigenvalue weighted by Gasteiger charge is -2.08. The van der Waals surface area contributed by atoms with Crippen LogP contribution >= 0.6 is 0 Å². The molecule has 5 nitrogen and oxygen atoms in total. The summed E-state index contributed by atoms with van der Waals surface area (Å²) in [6.45, 7) is 0.468. The van der Waals surface area contributed by atoms with Gasteiger partial charge in [-0.1, -0.05) is 18.2 Å². The normalized spacial score (nSPS) is 10.3. The van der Waals surface area contributed by atoms with Crippen LogP contribution in [0.15, 0.2) is 40.8 Å². The van der Waals surface area contributed by atoms with E-state index in [1.165, 1.54) is 6.07 Å². The number of anilines is 2. The first-order chi connectivity index (χ1) is 8.70. The van der Waals surface area contributed by atoms with Gasteiger partial charge < -0.3 is 19.6 Å². The van der Waals surface area contributed by atoms with E-state index in [4.69, 9.17) is 14.3 Å². The van der Waals surface area contributed by atoms with E-state index in [0.29, 0.717) is 12.5 Å². The fourth-order valence-electron chi connectivity index (χ4n) is 1.58. The van der Waals surface area contributed by atoms with Crippen molar-refractivity contribution in [3.05, 3.63) is 47.7 Å². The molecular weight excluding hydrogens is 234 g/mol. The Morgan fingerprint density at radius 3 is 2.78 bits per heavy atom. The van der Waals surface area contributed by atoms with Crippen LogP contribution in [0.25, 0.3) is 0 Å². The number of ether oxygens (including phenoxy) is 1. The molecule has 2 N–H and O–H groups in total. The molecule has 0 amide bonds. The first kappa shape index (κ1) is 12.2. The van der Waals surface area contributed by atoms with Crippen molar-refractivity contribution in [1.82, 2.24) is 0 Å². The van der Waals surface area contributed by atoms with Gasteiger partial charge in [-0.2, -0.15) is 0 Å². The molecule has 0 bridgehead atoms. The maximum Gasteiger partial charge on any atom is 0.371 e. The lowest BCUT2D eigenvalue weighted by Crippen LogP contribution is -1.96. The van der Waals surface area contributed by atoms with Gasteiger partial charge in [0.25, 0.3) is 0 Å². The van der Waals surface area contributed by atoms with E-state index in [9.17, 15) is 4.79 Å². The minimum atomic E-state index is -1.09. The zero-order chi connectivity index (χ0) is 13.0. The zero-order valence-electron chi connectivity index (χ0n) is 9.84. The van der Waals surface area contributed by atoms with Crippen LogP contribution in [0.4, 0.5) is 11.6 Å². The summed E-state index contributed by atoms with van der Waals surface area (Å²) in [5, 5.41) is 11.8. The van der Waals surface area contributed by atoms with E-state index in [-0.39, 0.29) is 5.76 Å². The van der Waals surface area contributed by atoms with E-state index < -0.39 is 5.97 Å². The van der Waals surface area contributed by atoms with Gasteiger partial charge in [-0.15, -0.1) is 0 Å². The summed E-state index contributed by atoms with van der Waals surface area (Å²) in [5.41, 5.74) is 1.79. The second kappa shape index (κ2) is 5.37. The van der Waals surface area contributed by atoms with Gasteiger partial charge in [0, 0.05) is 24.4 Å². The highest BCUT2D eigenvalue weighted by Crippen LogP contribution is 2.23. The highest BCUT2D eigenvalue weighted by molar-refractivity contribution is 5.85. The Labute approximate surface area is 104 Å². The predicted molar refractivity (Wildman–Crippen MR) is 66.1 cm³/mol. The third kappa shape index (κ3) is 2.70. The molecule has 0 aliphatic heterocycles. The second-order valence-corrected chi connectivity index (χ2v) is 3.68. The molecule has 1 heterocycles. The van der Waals surface area contributed by atoms with Gasteiger partial charge >= 0.3 is 5.97 Å². The summed E-state index contributed by atoms with van der Waals surface area (Å²) >= 11 is 0. The van der Waals surface area contributed by atoms with Crippen molar-refractivity contribution in [1.29, 1.82) is 0 Å². The van der Waals surface area contributed by atoms with Gasteiger partial charge in [0.1, 0.15) is 0 Å². The van der Waals surface area contributed by atoms with Crippen LogP contribution in [0.3, 0.4) is 0 Å². The number of carboxylic acid groups (broad SMARTS) is 1. The molecule has 0 unspecified atom stereocenters. The van der Waals surface area contributed by atoms with Crippen LogP contribution in [-0.4, -0.2) is 18.2 Å². The monoisotopic (exact) mass is 247 g/mol. The molecule has 0 atom stereocenters. The van der Waals surface area contributed by atoms with Gasteiger partial charge in [0.05, 0.1) is 6.61 Å². The minimum absolute atomic E-state index is 0.0956. The molecule has 18 heavy (non-hydrogen) atoms. The van der Waals surface area contributed by atoms with Crippen molar-refractivity contribution >= 4 is 17.5 Å². The highest BCUT2D eigenvalue weighted by atomic mass is 16.5. The fourth-order valence-corrected chi connectivity index (χ4v) is 1.58. The van der Waals surface area contributed by atoms with Crippen LogP contribution in [0.2, 0.25) is 0 Å². The summed E-state index contributed by atoms with van der Waals surface area (Å²) in [4.78, 5) is 10.7. The van der Waals surface area contributed by atoms with E-state index >= 15 is 0 Å². The number of carboxylic acids is 1. The SMILES string of the molecule is COCc1ccccc1Nc1ccc(C(=O)O)o1. The van der Waals surface area contributed by atoms with Crippen LogP contribution < -0.4 is 5.32 Å². The Hall–Kier alpha value is -2.27. The quantitative estimate of drug-likeness (QED) is 0.850. The molecular formula is C13H13NO4. The summed E-state index contributed by atoms with van der Waals surface area (Å²) in [5.74, 6) is -0.800. The summed E-state index contributed by atoms with van der Waals surface area (Å²) in [6, 6.07) is 10.6. The Bertz CT molecular complexity index is 547. The maximum absolute atomic E-state index is 10.7. The number of hydrogen-bond acceptors (Lipinski definition) is 4. The first-order valence-electron chi connectivity index (χ1n) is 5.37. The average molecular weight is 247 g/mol. The number of aromatic carboxylic acids is 1. The fraction of sp³-hybridized carbons (Fsp3) is 0.154. The molecule has 2 aromatic rings. The van der Waals surface area contributed by atoms with E-state index in [0.717, 1.165) is 11.3 Å². The second-order valence-electron chi connectivity index (χ2n) is 3.68. The topological polar surface area (TPSA) is 71.7 Å². The summed E-state index contributed by atoms with van der Waals surface area (Å²) in [7, 11) is 1.62. The van der Waals surface area contributed by atoms with Crippen LogP contribution in [0, 0.1) is 0 Å². The van der Waals surface area contributed by atoms with E-state index in [2.05, 4.69) is 5.32 Å². The van der Waals surface area contributed by atoms with Crippen molar-refractivity contribution in [2.75, 3.05) is 12.4 Å². The summed E-state index contributed by atoms with van der Waals surface area (Å²) in [6.07, 6.45) is 0. The molecule has 94 valence electrons. The molecule has 0 saturated heterocycles. The number of rotatable bonds is 5. The molecule has 1 aromatic heterocycles. The number of methoxy groups -OCH3 is 1. The largest absolute Gasteiger partial charge is 0.475 e. The third-order valence-corrected chi connectivity index (χ3v) is 2.39. The molecule has 0 saturated carbocycles. The van der Waals surface area contributed by atoms with Gasteiger partial charge in [-0.25, -0.2) is 4.79 Å². The van der Waals surface area contributed by atoms with Crippen LogP contribution in [0.1, 0.15) is 16.1 Å². The molecule has 0 fully saturated rings. The van der Waals surface area contributed by atoms with Crippen molar-refractivity contribution in [2.45, 2.75) is 6.61 Å². The van der Waals surface area contributed by atoms with Crippen molar-refractivity contribution in [2.24, 2.45) is 0 Å². The number of para-hydroxylation sites is 1. The summed E-state index contributed by atoms with van der Waals surface area (Å²) < 4.78 is 10.2. The Balaban J connectivity index is 2.19. The molecule has 0 radical (unpaired) electrons. The number of carbonyl (C=O) groups is 1. The molecule has 0 aliphatic rings. The van der Waals surface area contributed by atoms with Crippen molar-refractivity contribution in [3.8, 4) is 0 Å². The predicted octanol–water partition coefficient (Wildman–Crippen LogP) is 2.87. The number of hydrogen-bond donors (Lipinski definition) is 2. The highest BCUT2D eigenvalue weighted by Gasteiger charge is 2.10. The van der Waals surface area contributed by atoms with E-state index in [1.807, 2.05) is 24.3 Å². The minimum Gasteiger partial charge on any atom is -0.475 e. The third-order valence-electron chi connectivity index (χ3n) is 2.39. The average Bonchev–Trinajstić information content (AvgIpc) is 2.81. The Kier molecular flexibility index (Phi) is 3.64. The Morgan fingerprint density at radius 2 is 2.11 bits per heavy atom. The van der Waals surface area contributed by atoms with Crippen LogP contribution in [0.5, 0.6) is 0 Å². The molecule has 1 aromatic carbocycles. The molecule has 5 heteroatoms. The number of furan rings is 1. The van der Waals surface area contributed by atoms with Crippen LogP contribution in [-0.2, 0) is 11.3 Å². The molecule has 0 aliphatic carbocycles. The zero-order valence-corrected chi connectivity index (χ0v) is 9.84.